The van der Waals surface area contributed by atoms with Gasteiger partial charge in [0, 0.05) is 6.54 Å². The van der Waals surface area contributed by atoms with Crippen molar-refractivity contribution < 1.29 is 26.7 Å². The van der Waals surface area contributed by atoms with Crippen molar-refractivity contribution in [2.75, 3.05) is 20.2 Å². The Labute approximate surface area is 100 Å². The van der Waals surface area contributed by atoms with E-state index in [2.05, 4.69) is 16.6 Å². The molecule has 0 fully saturated rings. The van der Waals surface area contributed by atoms with E-state index in [9.17, 15) is 22.0 Å². The largest absolute Gasteiger partial charge is 0.483 e. The van der Waals surface area contributed by atoms with Crippen LogP contribution in [0.5, 0.6) is 5.75 Å². The zero-order valence-electron chi connectivity index (χ0n) is 9.42. The van der Waals surface area contributed by atoms with Crippen LogP contribution in [0.2, 0.25) is 0 Å². The number of halogens is 5. The molecule has 1 rings (SSSR count). The molecule has 0 saturated carbocycles. The molecule has 18 heavy (non-hydrogen) atoms. The van der Waals surface area contributed by atoms with Crippen LogP contribution in [0.4, 0.5) is 22.0 Å². The molecule has 0 amide bonds. The second kappa shape index (κ2) is 5.81. The lowest BCUT2D eigenvalue weighted by Crippen LogP contribution is -2.16. The first-order chi connectivity index (χ1) is 8.40. The molecule has 0 saturated heterocycles. The van der Waals surface area contributed by atoms with Crippen LogP contribution in [0, 0.1) is 29.1 Å². The molecule has 0 heterocycles. The van der Waals surface area contributed by atoms with Crippen molar-refractivity contribution in [3.8, 4) is 5.75 Å². The third kappa shape index (κ3) is 2.79. The van der Waals surface area contributed by atoms with Crippen molar-refractivity contribution in [3.63, 3.8) is 0 Å². The molecule has 0 unspecified atom stereocenters. The molecule has 0 aliphatic carbocycles. The number of hydrogen-bond acceptors (Lipinski definition) is 2. The summed E-state index contributed by atoms with van der Waals surface area (Å²) >= 11 is 0. The lowest BCUT2D eigenvalue weighted by Gasteiger charge is -2.11. The molecule has 0 aliphatic heterocycles. The van der Waals surface area contributed by atoms with Crippen molar-refractivity contribution in [2.24, 2.45) is 0 Å². The highest BCUT2D eigenvalue weighted by molar-refractivity contribution is 5.30. The Kier molecular flexibility index (Phi) is 4.66. The van der Waals surface area contributed by atoms with Gasteiger partial charge < -0.3 is 10.1 Å². The fourth-order valence-corrected chi connectivity index (χ4v) is 1.19. The molecule has 0 spiro atoms. The maximum Gasteiger partial charge on any atom is 0.207 e. The molecule has 0 atom stereocenters. The van der Waals surface area contributed by atoms with E-state index in [0.29, 0.717) is 5.57 Å². The summed E-state index contributed by atoms with van der Waals surface area (Å²) in [5.41, 5.74) is 0.390. The Morgan fingerprint density at radius 2 is 1.44 bits per heavy atom. The monoisotopic (exact) mass is 267 g/mol. The zero-order chi connectivity index (χ0) is 13.9. The van der Waals surface area contributed by atoms with E-state index in [0.717, 1.165) is 0 Å². The van der Waals surface area contributed by atoms with E-state index in [1.807, 2.05) is 0 Å². The van der Waals surface area contributed by atoms with Gasteiger partial charge in [-0.25, -0.2) is 13.2 Å². The molecular weight excluding hydrogens is 257 g/mol. The summed E-state index contributed by atoms with van der Waals surface area (Å²) in [6.07, 6.45) is 0. The average Bonchev–Trinajstić information content (AvgIpc) is 2.34. The molecular formula is C11H10F5NO. The van der Waals surface area contributed by atoms with Gasteiger partial charge in [0.15, 0.2) is 5.75 Å². The van der Waals surface area contributed by atoms with Gasteiger partial charge >= 0.3 is 0 Å². The number of nitrogens with one attached hydrogen (secondary N) is 1. The quantitative estimate of drug-likeness (QED) is 0.383. The normalized spacial score (nSPS) is 10.6. The van der Waals surface area contributed by atoms with Crippen molar-refractivity contribution in [1.29, 1.82) is 0 Å². The number of hydrogen-bond donors (Lipinski definition) is 1. The molecule has 0 aliphatic rings. The predicted octanol–water partition coefficient (Wildman–Crippen LogP) is 2.54. The molecule has 0 bridgehead atoms. The van der Waals surface area contributed by atoms with Crippen molar-refractivity contribution >= 4 is 0 Å². The smallest absolute Gasteiger partial charge is 0.207 e. The van der Waals surface area contributed by atoms with E-state index in [1.54, 1.807) is 7.05 Å². The SMILES string of the molecule is C=C(CNC)COc1c(F)c(F)c(F)c(F)c1F. The first-order valence-electron chi connectivity index (χ1n) is 4.85. The van der Waals surface area contributed by atoms with Gasteiger partial charge in [0.05, 0.1) is 0 Å². The van der Waals surface area contributed by atoms with Gasteiger partial charge in [-0.1, -0.05) is 6.58 Å². The van der Waals surface area contributed by atoms with Crippen LogP contribution >= 0.6 is 0 Å². The summed E-state index contributed by atoms with van der Waals surface area (Å²) in [4.78, 5) is 0. The molecule has 1 aromatic carbocycles. The molecule has 1 aromatic rings. The minimum Gasteiger partial charge on any atom is -0.483 e. The summed E-state index contributed by atoms with van der Waals surface area (Å²) in [7, 11) is 1.60. The number of benzene rings is 1. The van der Waals surface area contributed by atoms with E-state index in [4.69, 9.17) is 0 Å². The fraction of sp³-hybridized carbons (Fsp3) is 0.273. The molecule has 2 nitrogen and oxygen atoms in total. The number of rotatable bonds is 5. The van der Waals surface area contributed by atoms with Crippen molar-refractivity contribution in [3.05, 3.63) is 41.2 Å². The highest BCUT2D eigenvalue weighted by Gasteiger charge is 2.26. The molecule has 0 radical (unpaired) electrons. The van der Waals surface area contributed by atoms with Crippen LogP contribution in [0.25, 0.3) is 0 Å². The number of likely N-dealkylation sites (N-methyl/N-ethyl adjacent to an activating group) is 1. The van der Waals surface area contributed by atoms with Gasteiger partial charge in [-0.3, -0.25) is 0 Å². The first kappa shape index (κ1) is 14.4. The van der Waals surface area contributed by atoms with E-state index >= 15 is 0 Å². The zero-order valence-corrected chi connectivity index (χ0v) is 9.42. The predicted molar refractivity (Wildman–Crippen MR) is 54.8 cm³/mol. The Hall–Kier alpha value is -1.63. The van der Waals surface area contributed by atoms with E-state index in [-0.39, 0.29) is 13.2 Å². The molecule has 7 heteroatoms. The summed E-state index contributed by atoms with van der Waals surface area (Å²) in [5.74, 6) is -11.6. The minimum absolute atomic E-state index is 0.287. The van der Waals surface area contributed by atoms with Crippen LogP contribution in [-0.4, -0.2) is 20.2 Å². The summed E-state index contributed by atoms with van der Waals surface area (Å²) in [5, 5.41) is 2.69. The van der Waals surface area contributed by atoms with Gasteiger partial charge in [0.2, 0.25) is 29.1 Å². The summed E-state index contributed by atoms with van der Waals surface area (Å²) < 4.78 is 69.2. The lowest BCUT2D eigenvalue weighted by molar-refractivity contribution is 0.280. The van der Waals surface area contributed by atoms with E-state index in [1.165, 1.54) is 0 Å². The van der Waals surface area contributed by atoms with Crippen LogP contribution in [0.1, 0.15) is 0 Å². The molecule has 0 aromatic heterocycles. The Morgan fingerprint density at radius 3 is 1.89 bits per heavy atom. The maximum absolute atomic E-state index is 13.1. The molecule has 1 N–H and O–H groups in total. The summed E-state index contributed by atoms with van der Waals surface area (Å²) in [6, 6.07) is 0. The lowest BCUT2D eigenvalue weighted by atomic mass is 10.2. The van der Waals surface area contributed by atoms with Gasteiger partial charge in [-0.2, -0.15) is 8.78 Å². The van der Waals surface area contributed by atoms with Crippen LogP contribution in [-0.2, 0) is 0 Å². The van der Waals surface area contributed by atoms with Gasteiger partial charge in [-0.15, -0.1) is 0 Å². The Morgan fingerprint density at radius 1 is 1.00 bits per heavy atom. The molecule has 100 valence electrons. The summed E-state index contributed by atoms with van der Waals surface area (Å²) in [6.45, 7) is 3.41. The standard InChI is InChI=1S/C11H10F5NO/c1-5(3-17-2)4-18-11-9(15)7(13)6(12)8(14)10(11)16/h17H,1,3-4H2,2H3. The Balaban J connectivity index is 2.99. The topological polar surface area (TPSA) is 21.3 Å². The minimum atomic E-state index is -2.22. The second-order valence-electron chi connectivity index (χ2n) is 3.47. The van der Waals surface area contributed by atoms with Gasteiger partial charge in [0.25, 0.3) is 0 Å². The van der Waals surface area contributed by atoms with Crippen molar-refractivity contribution in [1.82, 2.24) is 5.32 Å². The maximum atomic E-state index is 13.1. The highest BCUT2D eigenvalue weighted by Crippen LogP contribution is 2.29. The third-order valence-corrected chi connectivity index (χ3v) is 2.02. The van der Waals surface area contributed by atoms with Crippen LogP contribution in [0.3, 0.4) is 0 Å². The van der Waals surface area contributed by atoms with Crippen molar-refractivity contribution in [2.45, 2.75) is 0 Å². The second-order valence-corrected chi connectivity index (χ2v) is 3.47. The van der Waals surface area contributed by atoms with Crippen LogP contribution < -0.4 is 10.1 Å². The van der Waals surface area contributed by atoms with Crippen LogP contribution in [0.15, 0.2) is 12.2 Å². The van der Waals surface area contributed by atoms with Gasteiger partial charge in [-0.05, 0) is 12.6 Å². The Bertz CT molecular complexity index is 446. The average molecular weight is 267 g/mol. The third-order valence-electron chi connectivity index (χ3n) is 2.02. The van der Waals surface area contributed by atoms with Gasteiger partial charge in [0.1, 0.15) is 6.61 Å². The first-order valence-corrected chi connectivity index (χ1v) is 4.85. The highest BCUT2D eigenvalue weighted by atomic mass is 19.2. The fourth-order valence-electron chi connectivity index (χ4n) is 1.19. The number of ether oxygens (including phenoxy) is 1. The van der Waals surface area contributed by atoms with E-state index < -0.39 is 34.8 Å².